The second kappa shape index (κ2) is 6.22. The minimum absolute atomic E-state index is 0.166. The molecule has 0 radical (unpaired) electrons. The van der Waals surface area contributed by atoms with Crippen molar-refractivity contribution in [3.05, 3.63) is 71.8 Å². The van der Waals surface area contributed by atoms with Gasteiger partial charge in [-0.25, -0.2) is 4.79 Å². The number of esters is 1. The van der Waals surface area contributed by atoms with E-state index in [-0.39, 0.29) is 18.0 Å². The number of ether oxygens (including phenoxy) is 1. The molecule has 0 aromatic heterocycles. The Bertz CT molecular complexity index is 496. The minimum atomic E-state index is -0.350. The Morgan fingerprint density at radius 1 is 1.00 bits per heavy atom. The molecular weight excluding hydrogens is 248 g/mol. The Labute approximate surface area is 111 Å². The van der Waals surface area contributed by atoms with Gasteiger partial charge < -0.3 is 4.74 Å². The van der Waals surface area contributed by atoms with Crippen LogP contribution in [-0.4, -0.2) is 12.6 Å². The van der Waals surface area contributed by atoms with Gasteiger partial charge >= 0.3 is 5.97 Å². The fraction of sp³-hybridized carbons (Fsp3) is 0.133. The average molecular weight is 261 g/mol. The summed E-state index contributed by atoms with van der Waals surface area (Å²) in [5.41, 5.74) is 1.48. The van der Waals surface area contributed by atoms with Crippen LogP contribution in [0, 0.1) is 0 Å². The molecule has 0 N–H and O–H groups in total. The molecule has 2 nitrogen and oxygen atoms in total. The molecule has 0 heterocycles. The van der Waals surface area contributed by atoms with Crippen molar-refractivity contribution in [3.8, 4) is 0 Å². The van der Waals surface area contributed by atoms with Crippen LogP contribution in [0.15, 0.2) is 60.7 Å². The van der Waals surface area contributed by atoms with E-state index in [0.717, 1.165) is 5.56 Å². The first kappa shape index (κ1) is 12.7. The quantitative estimate of drug-likeness (QED) is 0.617. The first-order valence-electron chi connectivity index (χ1n) is 5.68. The largest absolute Gasteiger partial charge is 0.460 e. The lowest BCUT2D eigenvalue weighted by Gasteiger charge is -2.10. The van der Waals surface area contributed by atoms with Crippen molar-refractivity contribution < 1.29 is 9.53 Å². The van der Waals surface area contributed by atoms with Crippen LogP contribution in [0.1, 0.15) is 21.3 Å². The van der Waals surface area contributed by atoms with Crippen molar-refractivity contribution in [2.75, 3.05) is 6.61 Å². The van der Waals surface area contributed by atoms with Crippen LogP contribution in [0.2, 0.25) is 0 Å². The molecule has 0 aliphatic carbocycles. The summed E-state index contributed by atoms with van der Waals surface area (Å²) in [6.07, 6.45) is 0. The number of carbonyl (C=O) groups is 1. The molecule has 2 aromatic carbocycles. The van der Waals surface area contributed by atoms with Crippen molar-refractivity contribution >= 4 is 17.6 Å². The van der Waals surface area contributed by atoms with Crippen LogP contribution >= 0.6 is 11.6 Å². The van der Waals surface area contributed by atoms with E-state index >= 15 is 0 Å². The van der Waals surface area contributed by atoms with Crippen LogP contribution in [0.25, 0.3) is 0 Å². The topological polar surface area (TPSA) is 26.3 Å². The summed E-state index contributed by atoms with van der Waals surface area (Å²) in [4.78, 5) is 11.7. The molecule has 2 aromatic rings. The summed E-state index contributed by atoms with van der Waals surface area (Å²) in [5.74, 6) is -0.350. The number of hydrogen-bond acceptors (Lipinski definition) is 2. The van der Waals surface area contributed by atoms with Gasteiger partial charge in [-0.2, -0.15) is 0 Å². The van der Waals surface area contributed by atoms with E-state index in [1.54, 1.807) is 24.3 Å². The number of hydrogen-bond donors (Lipinski definition) is 0. The van der Waals surface area contributed by atoms with E-state index in [0.29, 0.717) is 5.56 Å². The van der Waals surface area contributed by atoms with Gasteiger partial charge in [0.2, 0.25) is 0 Å². The predicted molar refractivity (Wildman–Crippen MR) is 71.8 cm³/mol. The fourth-order valence-electron chi connectivity index (χ4n) is 1.56. The summed E-state index contributed by atoms with van der Waals surface area (Å²) in [6, 6.07) is 18.4. The number of carbonyl (C=O) groups excluding carboxylic acids is 1. The molecule has 1 unspecified atom stereocenters. The molecule has 0 amide bonds. The Morgan fingerprint density at radius 2 is 1.56 bits per heavy atom. The van der Waals surface area contributed by atoms with E-state index in [2.05, 4.69) is 0 Å². The van der Waals surface area contributed by atoms with E-state index < -0.39 is 0 Å². The Morgan fingerprint density at radius 3 is 2.17 bits per heavy atom. The van der Waals surface area contributed by atoms with Gasteiger partial charge in [-0.15, -0.1) is 11.6 Å². The third-order valence-corrected chi connectivity index (χ3v) is 2.91. The molecular formula is C15H13ClO2. The van der Waals surface area contributed by atoms with Crippen LogP contribution in [0.5, 0.6) is 0 Å². The van der Waals surface area contributed by atoms with Crippen molar-refractivity contribution in [2.45, 2.75) is 5.38 Å². The van der Waals surface area contributed by atoms with E-state index in [1.165, 1.54) is 0 Å². The molecule has 3 heteroatoms. The molecule has 18 heavy (non-hydrogen) atoms. The first-order valence-corrected chi connectivity index (χ1v) is 6.12. The molecule has 2 rings (SSSR count). The second-order valence-corrected chi connectivity index (χ2v) is 4.37. The SMILES string of the molecule is O=C(OCC(Cl)c1ccccc1)c1ccccc1. The normalized spacial score (nSPS) is 11.8. The highest BCUT2D eigenvalue weighted by Gasteiger charge is 2.12. The van der Waals surface area contributed by atoms with Gasteiger partial charge in [0.05, 0.1) is 10.9 Å². The lowest BCUT2D eigenvalue weighted by Crippen LogP contribution is -2.09. The lowest BCUT2D eigenvalue weighted by molar-refractivity contribution is 0.0504. The maximum Gasteiger partial charge on any atom is 0.338 e. The smallest absolute Gasteiger partial charge is 0.338 e. The summed E-state index contributed by atoms with van der Waals surface area (Å²) < 4.78 is 5.17. The van der Waals surface area contributed by atoms with Gasteiger partial charge in [-0.3, -0.25) is 0 Å². The first-order chi connectivity index (χ1) is 8.77. The van der Waals surface area contributed by atoms with E-state index in [1.807, 2.05) is 36.4 Å². The molecule has 0 saturated carbocycles. The van der Waals surface area contributed by atoms with Gasteiger partial charge in [0.15, 0.2) is 0 Å². The molecule has 1 atom stereocenters. The zero-order chi connectivity index (χ0) is 12.8. The van der Waals surface area contributed by atoms with Crippen molar-refractivity contribution in [1.82, 2.24) is 0 Å². The maximum absolute atomic E-state index is 11.7. The summed E-state index contributed by atoms with van der Waals surface area (Å²) in [5, 5.41) is -0.320. The Balaban J connectivity index is 1.91. The minimum Gasteiger partial charge on any atom is -0.460 e. The van der Waals surface area contributed by atoms with E-state index in [4.69, 9.17) is 16.3 Å². The Kier molecular flexibility index (Phi) is 4.37. The van der Waals surface area contributed by atoms with Gasteiger partial charge in [0, 0.05) is 0 Å². The van der Waals surface area contributed by atoms with Crippen molar-refractivity contribution in [3.63, 3.8) is 0 Å². The third-order valence-electron chi connectivity index (χ3n) is 2.53. The number of alkyl halides is 1. The van der Waals surface area contributed by atoms with Gasteiger partial charge in [-0.1, -0.05) is 48.5 Å². The zero-order valence-electron chi connectivity index (χ0n) is 9.75. The summed E-state index contributed by atoms with van der Waals surface area (Å²) in [6.45, 7) is 0.166. The number of benzene rings is 2. The molecule has 0 spiro atoms. The van der Waals surface area contributed by atoms with Crippen LogP contribution in [0.3, 0.4) is 0 Å². The zero-order valence-corrected chi connectivity index (χ0v) is 10.5. The molecule has 92 valence electrons. The van der Waals surface area contributed by atoms with Crippen LogP contribution in [0.4, 0.5) is 0 Å². The van der Waals surface area contributed by atoms with Gasteiger partial charge in [-0.05, 0) is 17.7 Å². The predicted octanol–water partition coefficient (Wildman–Crippen LogP) is 3.82. The van der Waals surface area contributed by atoms with Gasteiger partial charge in [0.25, 0.3) is 0 Å². The highest BCUT2D eigenvalue weighted by atomic mass is 35.5. The summed E-state index contributed by atoms with van der Waals surface area (Å²) >= 11 is 6.16. The number of rotatable bonds is 4. The number of halogens is 1. The Hall–Kier alpha value is -1.80. The molecule has 0 aliphatic rings. The molecule has 0 fully saturated rings. The fourth-order valence-corrected chi connectivity index (χ4v) is 1.77. The maximum atomic E-state index is 11.7. The van der Waals surface area contributed by atoms with Crippen LogP contribution < -0.4 is 0 Å². The van der Waals surface area contributed by atoms with E-state index in [9.17, 15) is 4.79 Å². The van der Waals surface area contributed by atoms with Crippen molar-refractivity contribution in [1.29, 1.82) is 0 Å². The molecule has 0 bridgehead atoms. The second-order valence-electron chi connectivity index (χ2n) is 3.84. The average Bonchev–Trinajstić information content (AvgIpc) is 2.46. The molecule has 0 saturated heterocycles. The summed E-state index contributed by atoms with van der Waals surface area (Å²) in [7, 11) is 0. The monoisotopic (exact) mass is 260 g/mol. The standard InChI is InChI=1S/C15H13ClO2/c16-14(12-7-3-1-4-8-12)11-18-15(17)13-9-5-2-6-10-13/h1-10,14H,11H2. The molecule has 0 aliphatic heterocycles. The highest BCUT2D eigenvalue weighted by Crippen LogP contribution is 2.20. The third kappa shape index (κ3) is 3.34. The van der Waals surface area contributed by atoms with Crippen LogP contribution in [-0.2, 0) is 4.74 Å². The van der Waals surface area contributed by atoms with Gasteiger partial charge in [0.1, 0.15) is 6.61 Å². The van der Waals surface area contributed by atoms with Crippen molar-refractivity contribution in [2.24, 2.45) is 0 Å². The highest BCUT2D eigenvalue weighted by molar-refractivity contribution is 6.21. The lowest BCUT2D eigenvalue weighted by atomic mass is 10.1.